The summed E-state index contributed by atoms with van der Waals surface area (Å²) in [5.74, 6) is 0. The van der Waals surface area contributed by atoms with E-state index in [4.69, 9.17) is 11.6 Å². The first kappa shape index (κ1) is 12.2. The second-order valence-corrected chi connectivity index (χ2v) is 6.10. The molecule has 0 radical (unpaired) electrons. The summed E-state index contributed by atoms with van der Waals surface area (Å²) in [5.41, 5.74) is 2.49. The van der Waals surface area contributed by atoms with Gasteiger partial charge in [-0.3, -0.25) is 0 Å². The predicted octanol–water partition coefficient (Wildman–Crippen LogP) is 4.93. The second kappa shape index (κ2) is 5.38. The van der Waals surface area contributed by atoms with E-state index in [1.807, 2.05) is 18.2 Å². The lowest BCUT2D eigenvalue weighted by molar-refractivity contribution is 1.16. The summed E-state index contributed by atoms with van der Waals surface area (Å²) >= 11 is 9.99. The molecule has 2 rings (SSSR count). The van der Waals surface area contributed by atoms with Gasteiger partial charge in [-0.2, -0.15) is 0 Å². The molecule has 0 saturated heterocycles. The normalized spacial score (nSPS) is 10.4. The number of benzene rings is 1. The van der Waals surface area contributed by atoms with Crippen LogP contribution in [0.5, 0.6) is 0 Å². The summed E-state index contributed by atoms with van der Waals surface area (Å²) < 4.78 is 1.15. The van der Waals surface area contributed by atoms with Crippen LogP contribution in [0.4, 0.5) is 5.69 Å². The molecule has 84 valence electrons. The van der Waals surface area contributed by atoms with Crippen molar-refractivity contribution in [2.45, 2.75) is 13.5 Å². The molecular formula is C12H11ClINS. The molecule has 0 spiro atoms. The quantitative estimate of drug-likeness (QED) is 0.763. The molecule has 0 fully saturated rings. The van der Waals surface area contributed by atoms with Gasteiger partial charge in [0.15, 0.2) is 0 Å². The Hall–Kier alpha value is -0.260. The van der Waals surface area contributed by atoms with E-state index in [-0.39, 0.29) is 0 Å². The van der Waals surface area contributed by atoms with Crippen molar-refractivity contribution in [1.82, 2.24) is 0 Å². The van der Waals surface area contributed by atoms with E-state index in [0.29, 0.717) is 0 Å². The van der Waals surface area contributed by atoms with Crippen LogP contribution in [0.15, 0.2) is 29.6 Å². The first-order chi connectivity index (χ1) is 7.66. The average Bonchev–Trinajstić information content (AvgIpc) is 2.63. The van der Waals surface area contributed by atoms with Crippen molar-refractivity contribution in [2.75, 3.05) is 5.32 Å². The molecule has 1 nitrogen and oxygen atoms in total. The third kappa shape index (κ3) is 2.90. The van der Waals surface area contributed by atoms with E-state index in [1.54, 1.807) is 11.3 Å². The van der Waals surface area contributed by atoms with Gasteiger partial charge in [-0.25, -0.2) is 0 Å². The molecule has 0 amide bonds. The summed E-state index contributed by atoms with van der Waals surface area (Å²) in [6.45, 7) is 3.02. The van der Waals surface area contributed by atoms with Gasteiger partial charge in [0, 0.05) is 25.7 Å². The molecule has 0 unspecified atom stereocenters. The summed E-state index contributed by atoms with van der Waals surface area (Å²) in [4.78, 5) is 1.38. The number of nitrogens with one attached hydrogen (secondary N) is 1. The minimum Gasteiger partial charge on any atom is -0.379 e. The summed E-state index contributed by atoms with van der Waals surface area (Å²) in [5, 5.41) is 6.33. The number of anilines is 1. The zero-order valence-corrected chi connectivity index (χ0v) is 12.5. The topological polar surface area (TPSA) is 12.0 Å². The Morgan fingerprint density at radius 1 is 1.38 bits per heavy atom. The minimum absolute atomic E-state index is 0.780. The highest BCUT2D eigenvalue weighted by Gasteiger charge is 2.02. The number of halogens is 2. The largest absolute Gasteiger partial charge is 0.379 e. The first-order valence-electron chi connectivity index (χ1n) is 4.88. The van der Waals surface area contributed by atoms with Gasteiger partial charge in [0.05, 0.1) is 0 Å². The van der Waals surface area contributed by atoms with Gasteiger partial charge in [0.2, 0.25) is 0 Å². The SMILES string of the molecule is Cc1ccsc1CNc1ccc(Cl)cc1I. The Balaban J connectivity index is 2.08. The molecule has 0 bridgehead atoms. The highest BCUT2D eigenvalue weighted by Crippen LogP contribution is 2.24. The number of rotatable bonds is 3. The molecular weight excluding hydrogens is 353 g/mol. The van der Waals surface area contributed by atoms with Crippen molar-refractivity contribution in [1.29, 1.82) is 0 Å². The fourth-order valence-corrected chi connectivity index (χ4v) is 3.30. The lowest BCUT2D eigenvalue weighted by Gasteiger charge is -2.08. The number of aryl methyl sites for hydroxylation is 1. The average molecular weight is 364 g/mol. The minimum atomic E-state index is 0.780. The maximum Gasteiger partial charge on any atom is 0.0497 e. The Morgan fingerprint density at radius 3 is 2.81 bits per heavy atom. The third-order valence-electron chi connectivity index (χ3n) is 2.34. The van der Waals surface area contributed by atoms with E-state index in [2.05, 4.69) is 46.3 Å². The number of hydrogen-bond donors (Lipinski definition) is 1. The fraction of sp³-hybridized carbons (Fsp3) is 0.167. The Morgan fingerprint density at radius 2 is 2.19 bits per heavy atom. The van der Waals surface area contributed by atoms with Gasteiger partial charge in [-0.1, -0.05) is 11.6 Å². The monoisotopic (exact) mass is 363 g/mol. The van der Waals surface area contributed by atoms with Crippen molar-refractivity contribution >= 4 is 51.2 Å². The summed E-state index contributed by atoms with van der Waals surface area (Å²) in [6.07, 6.45) is 0. The molecule has 1 N–H and O–H groups in total. The Kier molecular flexibility index (Phi) is 4.10. The van der Waals surface area contributed by atoms with Gasteiger partial charge in [0.1, 0.15) is 0 Å². The second-order valence-electron chi connectivity index (χ2n) is 3.50. The number of thiophene rings is 1. The first-order valence-corrected chi connectivity index (χ1v) is 7.22. The lowest BCUT2D eigenvalue weighted by Crippen LogP contribution is -2.00. The van der Waals surface area contributed by atoms with Gasteiger partial charge in [-0.15, -0.1) is 11.3 Å². The molecule has 1 aromatic carbocycles. The maximum atomic E-state index is 5.91. The van der Waals surface area contributed by atoms with Crippen molar-refractivity contribution in [3.8, 4) is 0 Å². The van der Waals surface area contributed by atoms with E-state index in [0.717, 1.165) is 20.8 Å². The van der Waals surface area contributed by atoms with Crippen LogP contribution < -0.4 is 5.32 Å². The van der Waals surface area contributed by atoms with E-state index in [9.17, 15) is 0 Å². The van der Waals surface area contributed by atoms with E-state index < -0.39 is 0 Å². The standard InChI is InChI=1S/C12H11ClINS/c1-8-4-5-16-12(8)7-15-11-3-2-9(13)6-10(11)14/h2-6,15H,7H2,1H3. The molecule has 0 aliphatic rings. The summed E-state index contributed by atoms with van der Waals surface area (Å²) in [7, 11) is 0. The van der Waals surface area contributed by atoms with Crippen molar-refractivity contribution in [3.05, 3.63) is 48.7 Å². The van der Waals surface area contributed by atoms with Crippen LogP contribution in [0.25, 0.3) is 0 Å². The van der Waals surface area contributed by atoms with Crippen molar-refractivity contribution in [2.24, 2.45) is 0 Å². The molecule has 1 aromatic heterocycles. The summed E-state index contributed by atoms with van der Waals surface area (Å²) in [6, 6.07) is 8.04. The van der Waals surface area contributed by atoms with Crippen LogP contribution in [0.2, 0.25) is 5.02 Å². The van der Waals surface area contributed by atoms with Gasteiger partial charge in [0.25, 0.3) is 0 Å². The molecule has 2 aromatic rings. The van der Waals surface area contributed by atoms with E-state index in [1.165, 1.54) is 10.4 Å². The van der Waals surface area contributed by atoms with Crippen LogP contribution in [0.3, 0.4) is 0 Å². The zero-order valence-electron chi connectivity index (χ0n) is 8.76. The predicted molar refractivity (Wildman–Crippen MR) is 80.6 cm³/mol. The molecule has 0 saturated carbocycles. The van der Waals surface area contributed by atoms with Crippen molar-refractivity contribution in [3.63, 3.8) is 0 Å². The Bertz CT molecular complexity index is 496. The van der Waals surface area contributed by atoms with E-state index >= 15 is 0 Å². The molecule has 0 aliphatic heterocycles. The molecule has 16 heavy (non-hydrogen) atoms. The smallest absolute Gasteiger partial charge is 0.0497 e. The van der Waals surface area contributed by atoms with Crippen LogP contribution in [0, 0.1) is 10.5 Å². The van der Waals surface area contributed by atoms with Crippen LogP contribution in [-0.2, 0) is 6.54 Å². The fourth-order valence-electron chi connectivity index (χ4n) is 1.39. The lowest BCUT2D eigenvalue weighted by atomic mass is 10.2. The molecule has 0 atom stereocenters. The highest BCUT2D eigenvalue weighted by molar-refractivity contribution is 14.1. The van der Waals surface area contributed by atoms with Crippen LogP contribution >= 0.6 is 45.5 Å². The van der Waals surface area contributed by atoms with Crippen LogP contribution in [-0.4, -0.2) is 0 Å². The highest BCUT2D eigenvalue weighted by atomic mass is 127. The van der Waals surface area contributed by atoms with Crippen LogP contribution in [0.1, 0.15) is 10.4 Å². The third-order valence-corrected chi connectivity index (χ3v) is 4.49. The van der Waals surface area contributed by atoms with Gasteiger partial charge < -0.3 is 5.32 Å². The van der Waals surface area contributed by atoms with Gasteiger partial charge >= 0.3 is 0 Å². The zero-order chi connectivity index (χ0) is 11.5. The van der Waals surface area contributed by atoms with Crippen molar-refractivity contribution < 1.29 is 0 Å². The molecule has 0 aliphatic carbocycles. The Labute approximate surface area is 118 Å². The molecule has 1 heterocycles. The van der Waals surface area contributed by atoms with Gasteiger partial charge in [-0.05, 0) is 64.7 Å². The maximum absolute atomic E-state index is 5.91. The number of hydrogen-bond acceptors (Lipinski definition) is 2. The molecule has 4 heteroatoms.